The first-order valence-corrected chi connectivity index (χ1v) is 16.4. The average Bonchev–Trinajstić information content (AvgIpc) is 3.34. The second kappa shape index (κ2) is 17.9. The van der Waals surface area contributed by atoms with Crippen LogP contribution in [0.3, 0.4) is 0 Å². The summed E-state index contributed by atoms with van der Waals surface area (Å²) < 4.78 is 11.9. The number of benzene rings is 4. The van der Waals surface area contributed by atoms with Crippen LogP contribution in [0, 0.1) is 5.41 Å². The number of carbonyl (C=O) groups excluding carboxylic acids is 2. The largest absolute Gasteiger partial charge is 0.489 e. The summed E-state index contributed by atoms with van der Waals surface area (Å²) in [6.45, 7) is 12.3. The van der Waals surface area contributed by atoms with Gasteiger partial charge < -0.3 is 25.0 Å². The van der Waals surface area contributed by atoms with Crippen molar-refractivity contribution in [1.82, 2.24) is 5.32 Å². The van der Waals surface area contributed by atoms with Crippen LogP contribution in [0.4, 0.5) is 0 Å². The van der Waals surface area contributed by atoms with Gasteiger partial charge in [-0.05, 0) is 64.3 Å². The van der Waals surface area contributed by atoms with Crippen LogP contribution < -0.4 is 10.1 Å². The summed E-state index contributed by atoms with van der Waals surface area (Å²) in [5, 5.41) is 20.1. The normalized spacial score (nSPS) is 12.2. The summed E-state index contributed by atoms with van der Waals surface area (Å²) >= 11 is 0. The van der Waals surface area contributed by atoms with Crippen molar-refractivity contribution in [2.75, 3.05) is 13.2 Å². The zero-order valence-corrected chi connectivity index (χ0v) is 29.6. The van der Waals surface area contributed by atoms with Crippen molar-refractivity contribution in [3.05, 3.63) is 125 Å². The quantitative estimate of drug-likeness (QED) is 0.130. The van der Waals surface area contributed by atoms with Crippen LogP contribution in [0.15, 0.2) is 103 Å². The van der Waals surface area contributed by atoms with Gasteiger partial charge in [0.1, 0.15) is 18.5 Å². The maximum absolute atomic E-state index is 12.7. The van der Waals surface area contributed by atoms with Gasteiger partial charge >= 0.3 is 17.9 Å². The van der Waals surface area contributed by atoms with E-state index in [2.05, 4.69) is 26.1 Å². The molecule has 9 heteroatoms. The first-order chi connectivity index (χ1) is 23.5. The fraction of sp³-hybridized carbons (Fsp3) is 0.317. The van der Waals surface area contributed by atoms with E-state index in [-0.39, 0.29) is 36.7 Å². The van der Waals surface area contributed by atoms with Crippen molar-refractivity contribution >= 4 is 23.7 Å². The molecule has 0 amide bonds. The molecule has 0 radical (unpaired) electrons. The second-order valence-corrected chi connectivity index (χ2v) is 13.9. The third kappa shape index (κ3) is 12.6. The molecule has 0 saturated carbocycles. The molecular weight excluding hydrogens is 634 g/mol. The highest BCUT2D eigenvalue weighted by molar-refractivity contribution is 6.22. The standard InChI is InChI=1S/C25H31NO4.2C8H8O2/c1-24(2,3)23(28)30-16(14-26-25(4,5)6)15-29-20-13-9-12-19-21(20)17-10-7-8-11-18(17)22(19)27;2*9-8(10)6-7-4-2-1-3-5-7/h7-13,16,26H,14-15H2,1-6H3;2*1-5H,6H2,(H,9,10). The number of carbonyl (C=O) groups is 4. The first-order valence-electron chi connectivity index (χ1n) is 16.4. The zero-order valence-electron chi connectivity index (χ0n) is 29.6. The molecule has 0 saturated heterocycles. The van der Waals surface area contributed by atoms with Crippen molar-refractivity contribution in [3.8, 4) is 16.9 Å². The minimum Gasteiger partial charge on any atom is -0.489 e. The Labute approximate surface area is 294 Å². The third-order valence-corrected chi connectivity index (χ3v) is 7.28. The SMILES string of the molecule is CC(C)(C)NCC(COc1cccc2c1-c1ccccc1C2=O)OC(=O)C(C)(C)C.O=C(O)Cc1ccccc1.O=C(O)Cc1ccccc1. The zero-order chi connectivity index (χ0) is 36.9. The fourth-order valence-corrected chi connectivity index (χ4v) is 4.77. The van der Waals surface area contributed by atoms with Gasteiger partial charge in [0.25, 0.3) is 0 Å². The lowest BCUT2D eigenvalue weighted by molar-refractivity contribution is -0.160. The van der Waals surface area contributed by atoms with Crippen molar-refractivity contribution in [3.63, 3.8) is 0 Å². The van der Waals surface area contributed by atoms with Crippen LogP contribution in [0.2, 0.25) is 0 Å². The number of nitrogens with one attached hydrogen (secondary N) is 1. The Morgan fingerprint density at radius 2 is 1.14 bits per heavy atom. The Morgan fingerprint density at radius 1 is 0.660 bits per heavy atom. The number of carboxylic acid groups (broad SMARTS) is 2. The van der Waals surface area contributed by atoms with Gasteiger partial charge in [0.2, 0.25) is 0 Å². The van der Waals surface area contributed by atoms with Crippen LogP contribution in [-0.2, 0) is 32.0 Å². The topological polar surface area (TPSA) is 139 Å². The maximum Gasteiger partial charge on any atom is 0.311 e. The molecule has 0 spiro atoms. The highest BCUT2D eigenvalue weighted by Crippen LogP contribution is 2.42. The third-order valence-electron chi connectivity index (χ3n) is 7.28. The van der Waals surface area contributed by atoms with Crippen LogP contribution in [0.5, 0.6) is 5.75 Å². The molecule has 264 valence electrons. The molecule has 50 heavy (non-hydrogen) atoms. The van der Waals surface area contributed by atoms with Crippen LogP contribution >= 0.6 is 0 Å². The lowest BCUT2D eigenvalue weighted by Gasteiger charge is -2.28. The van der Waals surface area contributed by atoms with Crippen molar-refractivity contribution in [2.45, 2.75) is 66.0 Å². The number of esters is 1. The Kier molecular flexibility index (Phi) is 14.0. The van der Waals surface area contributed by atoms with Crippen LogP contribution in [0.1, 0.15) is 68.6 Å². The molecule has 1 unspecified atom stereocenters. The van der Waals surface area contributed by atoms with Gasteiger partial charge in [-0.15, -0.1) is 0 Å². The minimum absolute atomic E-state index is 0.0103. The molecule has 0 aliphatic heterocycles. The molecule has 0 aromatic heterocycles. The number of ketones is 1. The highest BCUT2D eigenvalue weighted by Gasteiger charge is 2.31. The van der Waals surface area contributed by atoms with Crippen molar-refractivity contribution in [2.24, 2.45) is 5.41 Å². The number of hydrogen-bond acceptors (Lipinski definition) is 7. The number of ether oxygens (including phenoxy) is 2. The Morgan fingerprint density at radius 3 is 1.62 bits per heavy atom. The number of carboxylic acids is 2. The second-order valence-electron chi connectivity index (χ2n) is 13.9. The van der Waals surface area contributed by atoms with Gasteiger partial charge in [0, 0.05) is 28.8 Å². The van der Waals surface area contributed by atoms with Gasteiger partial charge in [0.05, 0.1) is 18.3 Å². The lowest BCUT2D eigenvalue weighted by atomic mass is 9.97. The molecule has 9 nitrogen and oxygen atoms in total. The molecule has 0 bridgehead atoms. The first kappa shape index (κ1) is 39.2. The van der Waals surface area contributed by atoms with E-state index in [9.17, 15) is 19.2 Å². The monoisotopic (exact) mass is 681 g/mol. The summed E-state index contributed by atoms with van der Waals surface area (Å²) in [5.41, 5.74) is 3.99. The predicted molar refractivity (Wildman–Crippen MR) is 193 cm³/mol. The highest BCUT2D eigenvalue weighted by atomic mass is 16.6. The summed E-state index contributed by atoms with van der Waals surface area (Å²) in [6, 6.07) is 31.3. The van der Waals surface area contributed by atoms with Gasteiger partial charge in [-0.3, -0.25) is 19.2 Å². The molecule has 3 N–H and O–H groups in total. The molecule has 4 aromatic carbocycles. The van der Waals surface area contributed by atoms with Gasteiger partial charge in [-0.2, -0.15) is 0 Å². The molecule has 0 fully saturated rings. The van der Waals surface area contributed by atoms with E-state index < -0.39 is 23.5 Å². The summed E-state index contributed by atoms with van der Waals surface area (Å²) in [4.78, 5) is 45.5. The average molecular weight is 682 g/mol. The number of hydrogen-bond donors (Lipinski definition) is 3. The number of rotatable bonds is 10. The van der Waals surface area contributed by atoms with Gasteiger partial charge in [0.15, 0.2) is 5.78 Å². The number of fused-ring (bicyclic) bond motifs is 3. The van der Waals surface area contributed by atoms with Crippen LogP contribution in [-0.4, -0.2) is 58.7 Å². The summed E-state index contributed by atoms with van der Waals surface area (Å²) in [7, 11) is 0. The molecule has 1 aliphatic rings. The fourth-order valence-electron chi connectivity index (χ4n) is 4.77. The molecule has 1 atom stereocenters. The van der Waals surface area contributed by atoms with E-state index >= 15 is 0 Å². The van der Waals surface area contributed by atoms with E-state index in [0.29, 0.717) is 23.4 Å². The van der Waals surface area contributed by atoms with E-state index in [1.54, 1.807) is 24.3 Å². The summed E-state index contributed by atoms with van der Waals surface area (Å²) in [5.74, 6) is -1.21. The minimum atomic E-state index is -0.786. The molecular formula is C41H47NO8. The number of aliphatic carboxylic acids is 2. The van der Waals surface area contributed by atoms with Crippen LogP contribution in [0.25, 0.3) is 11.1 Å². The maximum atomic E-state index is 12.7. The van der Waals surface area contributed by atoms with E-state index in [4.69, 9.17) is 19.7 Å². The smallest absolute Gasteiger partial charge is 0.311 e. The Hall–Kier alpha value is -5.28. The molecule has 5 rings (SSSR count). The lowest BCUT2D eigenvalue weighted by Crippen LogP contribution is -2.45. The van der Waals surface area contributed by atoms with E-state index in [1.165, 1.54) is 0 Å². The van der Waals surface area contributed by atoms with E-state index in [0.717, 1.165) is 22.3 Å². The van der Waals surface area contributed by atoms with Gasteiger partial charge in [-0.25, -0.2) is 0 Å². The Bertz CT molecular complexity index is 1690. The van der Waals surface area contributed by atoms with Crippen molar-refractivity contribution in [1.29, 1.82) is 0 Å². The molecule has 1 aliphatic carbocycles. The predicted octanol–water partition coefficient (Wildman–Crippen LogP) is 7.25. The Balaban J connectivity index is 0.000000273. The van der Waals surface area contributed by atoms with E-state index in [1.807, 2.05) is 99.6 Å². The summed E-state index contributed by atoms with van der Waals surface area (Å²) in [6.07, 6.45) is -0.235. The van der Waals surface area contributed by atoms with Gasteiger partial charge in [-0.1, -0.05) is 97.1 Å². The molecule has 0 heterocycles. The molecule has 4 aromatic rings. The van der Waals surface area contributed by atoms with Crippen molar-refractivity contribution < 1.29 is 38.9 Å².